The third kappa shape index (κ3) is 5.95. The molecular formula is C20H24N2O3. The van der Waals surface area contributed by atoms with Crippen molar-refractivity contribution in [3.63, 3.8) is 0 Å². The van der Waals surface area contributed by atoms with Gasteiger partial charge in [-0.3, -0.25) is 9.59 Å². The number of carbonyl (C=O) groups excluding carboxylic acids is 2. The van der Waals surface area contributed by atoms with E-state index in [0.29, 0.717) is 35.7 Å². The lowest BCUT2D eigenvalue weighted by Crippen LogP contribution is -2.13. The molecule has 2 aromatic carbocycles. The molecule has 2 amide bonds. The van der Waals surface area contributed by atoms with Crippen LogP contribution < -0.4 is 15.4 Å². The van der Waals surface area contributed by atoms with Gasteiger partial charge in [0.15, 0.2) is 0 Å². The van der Waals surface area contributed by atoms with Crippen LogP contribution in [0.4, 0.5) is 11.4 Å². The SMILES string of the molecule is CCCCC(=O)Nc1cccc(NC(=O)c2cccc(OCC)c2)c1. The van der Waals surface area contributed by atoms with E-state index in [0.717, 1.165) is 12.8 Å². The van der Waals surface area contributed by atoms with Crippen molar-refractivity contribution in [3.8, 4) is 5.75 Å². The van der Waals surface area contributed by atoms with Crippen molar-refractivity contribution in [1.82, 2.24) is 0 Å². The number of hydrogen-bond donors (Lipinski definition) is 2. The van der Waals surface area contributed by atoms with Gasteiger partial charge < -0.3 is 15.4 Å². The molecular weight excluding hydrogens is 316 g/mol. The standard InChI is InChI=1S/C20H24N2O3/c1-3-5-12-19(23)21-16-9-7-10-17(14-16)22-20(24)15-8-6-11-18(13-15)25-4-2/h6-11,13-14H,3-5,12H2,1-2H3,(H,21,23)(H,22,24). The van der Waals surface area contributed by atoms with Crippen LogP contribution in [-0.4, -0.2) is 18.4 Å². The smallest absolute Gasteiger partial charge is 0.255 e. The number of unbranched alkanes of at least 4 members (excludes halogenated alkanes) is 1. The molecule has 0 fully saturated rings. The summed E-state index contributed by atoms with van der Waals surface area (Å²) < 4.78 is 5.41. The maximum absolute atomic E-state index is 12.4. The maximum Gasteiger partial charge on any atom is 0.255 e. The lowest BCUT2D eigenvalue weighted by Gasteiger charge is -2.10. The fraction of sp³-hybridized carbons (Fsp3) is 0.300. The maximum atomic E-state index is 12.4. The Morgan fingerprint density at radius 1 is 0.960 bits per heavy atom. The first-order valence-corrected chi connectivity index (χ1v) is 8.56. The minimum Gasteiger partial charge on any atom is -0.494 e. The molecule has 0 aromatic heterocycles. The van der Waals surface area contributed by atoms with E-state index in [-0.39, 0.29) is 11.8 Å². The van der Waals surface area contributed by atoms with Crippen molar-refractivity contribution in [1.29, 1.82) is 0 Å². The second kappa shape index (κ2) is 9.47. The molecule has 0 saturated carbocycles. The van der Waals surface area contributed by atoms with Crippen molar-refractivity contribution in [2.45, 2.75) is 33.1 Å². The summed E-state index contributed by atoms with van der Waals surface area (Å²) in [6, 6.07) is 14.2. The number of benzene rings is 2. The summed E-state index contributed by atoms with van der Waals surface area (Å²) in [7, 11) is 0. The molecule has 5 nitrogen and oxygen atoms in total. The van der Waals surface area contributed by atoms with Gasteiger partial charge in [-0.15, -0.1) is 0 Å². The zero-order chi connectivity index (χ0) is 18.1. The number of anilines is 2. The fourth-order valence-corrected chi connectivity index (χ4v) is 2.33. The van der Waals surface area contributed by atoms with Crippen LogP contribution in [0, 0.1) is 0 Å². The van der Waals surface area contributed by atoms with Crippen molar-refractivity contribution in [3.05, 3.63) is 54.1 Å². The van der Waals surface area contributed by atoms with Crippen LogP contribution in [0.15, 0.2) is 48.5 Å². The fourth-order valence-electron chi connectivity index (χ4n) is 2.33. The zero-order valence-electron chi connectivity index (χ0n) is 14.7. The van der Waals surface area contributed by atoms with Crippen LogP contribution in [-0.2, 0) is 4.79 Å². The summed E-state index contributed by atoms with van der Waals surface area (Å²) in [5.41, 5.74) is 1.81. The van der Waals surface area contributed by atoms with Gasteiger partial charge in [0.2, 0.25) is 5.91 Å². The molecule has 2 rings (SSSR count). The minimum absolute atomic E-state index is 0.0188. The normalized spacial score (nSPS) is 10.2. The highest BCUT2D eigenvalue weighted by Gasteiger charge is 2.08. The molecule has 0 spiro atoms. The molecule has 0 aliphatic rings. The Hall–Kier alpha value is -2.82. The van der Waals surface area contributed by atoms with Crippen molar-refractivity contribution < 1.29 is 14.3 Å². The average Bonchev–Trinajstić information content (AvgIpc) is 2.61. The second-order valence-corrected chi connectivity index (χ2v) is 5.65. The van der Waals surface area contributed by atoms with Crippen LogP contribution >= 0.6 is 0 Å². The predicted molar refractivity (Wildman–Crippen MR) is 100 cm³/mol. The van der Waals surface area contributed by atoms with Gasteiger partial charge in [-0.25, -0.2) is 0 Å². The Labute approximate surface area is 148 Å². The Morgan fingerprint density at radius 2 is 1.68 bits per heavy atom. The van der Waals surface area contributed by atoms with Gasteiger partial charge in [0.1, 0.15) is 5.75 Å². The van der Waals surface area contributed by atoms with E-state index in [4.69, 9.17) is 4.74 Å². The number of nitrogens with one attached hydrogen (secondary N) is 2. The molecule has 0 aliphatic carbocycles. The van der Waals surface area contributed by atoms with Gasteiger partial charge in [-0.05, 0) is 49.7 Å². The first-order valence-electron chi connectivity index (χ1n) is 8.56. The van der Waals surface area contributed by atoms with Gasteiger partial charge >= 0.3 is 0 Å². The first kappa shape index (κ1) is 18.5. The molecule has 2 N–H and O–H groups in total. The first-order chi connectivity index (χ1) is 12.1. The Morgan fingerprint density at radius 3 is 2.40 bits per heavy atom. The van der Waals surface area contributed by atoms with Crippen LogP contribution in [0.1, 0.15) is 43.5 Å². The van der Waals surface area contributed by atoms with Gasteiger partial charge in [0, 0.05) is 23.4 Å². The average molecular weight is 340 g/mol. The lowest BCUT2D eigenvalue weighted by atomic mass is 10.2. The molecule has 5 heteroatoms. The molecule has 132 valence electrons. The van der Waals surface area contributed by atoms with Gasteiger partial charge in [0.05, 0.1) is 6.61 Å². The molecule has 0 heterocycles. The number of amides is 2. The Kier molecular flexibility index (Phi) is 7.01. The predicted octanol–water partition coefficient (Wildman–Crippen LogP) is 4.47. The van der Waals surface area contributed by atoms with Crippen LogP contribution in [0.25, 0.3) is 0 Å². The van der Waals surface area contributed by atoms with Crippen molar-refractivity contribution in [2.24, 2.45) is 0 Å². The molecule has 0 unspecified atom stereocenters. The minimum atomic E-state index is -0.226. The van der Waals surface area contributed by atoms with Crippen molar-refractivity contribution in [2.75, 3.05) is 17.2 Å². The van der Waals surface area contributed by atoms with Gasteiger partial charge in [-0.1, -0.05) is 25.5 Å². The van der Waals surface area contributed by atoms with E-state index >= 15 is 0 Å². The third-order valence-corrected chi connectivity index (χ3v) is 3.57. The lowest BCUT2D eigenvalue weighted by molar-refractivity contribution is -0.116. The summed E-state index contributed by atoms with van der Waals surface area (Å²) in [6.45, 7) is 4.49. The molecule has 0 bridgehead atoms. The quantitative estimate of drug-likeness (QED) is 0.745. The topological polar surface area (TPSA) is 67.4 Å². The third-order valence-electron chi connectivity index (χ3n) is 3.57. The van der Waals surface area contributed by atoms with Crippen LogP contribution in [0.5, 0.6) is 5.75 Å². The number of rotatable bonds is 8. The van der Waals surface area contributed by atoms with E-state index in [2.05, 4.69) is 10.6 Å². The number of hydrogen-bond acceptors (Lipinski definition) is 3. The van der Waals surface area contributed by atoms with Crippen molar-refractivity contribution >= 4 is 23.2 Å². The summed E-state index contributed by atoms with van der Waals surface area (Å²) >= 11 is 0. The van der Waals surface area contributed by atoms with Crippen LogP contribution in [0.3, 0.4) is 0 Å². The Balaban J connectivity index is 2.02. The highest BCUT2D eigenvalue weighted by atomic mass is 16.5. The highest BCUT2D eigenvalue weighted by molar-refractivity contribution is 6.05. The number of carbonyl (C=O) groups is 2. The molecule has 0 atom stereocenters. The zero-order valence-corrected chi connectivity index (χ0v) is 14.7. The molecule has 25 heavy (non-hydrogen) atoms. The molecule has 2 aromatic rings. The molecule has 0 radical (unpaired) electrons. The van der Waals surface area contributed by atoms with E-state index in [1.165, 1.54) is 0 Å². The van der Waals surface area contributed by atoms with E-state index in [1.54, 1.807) is 42.5 Å². The van der Waals surface area contributed by atoms with E-state index in [1.807, 2.05) is 19.9 Å². The summed E-state index contributed by atoms with van der Waals surface area (Å²) in [6.07, 6.45) is 2.33. The largest absolute Gasteiger partial charge is 0.494 e. The number of ether oxygens (including phenoxy) is 1. The molecule has 0 aliphatic heterocycles. The summed E-state index contributed by atoms with van der Waals surface area (Å²) in [5.74, 6) is 0.415. The van der Waals surface area contributed by atoms with Gasteiger partial charge in [-0.2, -0.15) is 0 Å². The van der Waals surface area contributed by atoms with Crippen LogP contribution in [0.2, 0.25) is 0 Å². The van der Waals surface area contributed by atoms with E-state index in [9.17, 15) is 9.59 Å². The monoisotopic (exact) mass is 340 g/mol. The van der Waals surface area contributed by atoms with Gasteiger partial charge in [0.25, 0.3) is 5.91 Å². The second-order valence-electron chi connectivity index (χ2n) is 5.65. The van der Waals surface area contributed by atoms with E-state index < -0.39 is 0 Å². The summed E-state index contributed by atoms with van der Waals surface area (Å²) in [4.78, 5) is 24.2. The highest BCUT2D eigenvalue weighted by Crippen LogP contribution is 2.18. The molecule has 0 saturated heterocycles. The summed E-state index contributed by atoms with van der Waals surface area (Å²) in [5, 5.41) is 5.68. The Bertz CT molecular complexity index is 728.